The van der Waals surface area contributed by atoms with Crippen LogP contribution in [0.5, 0.6) is 11.5 Å². The second kappa shape index (κ2) is 20.6. The molecule has 2 aromatic rings. The molecule has 0 aliphatic carbocycles. The highest BCUT2D eigenvalue weighted by atomic mass is 35.5. The summed E-state index contributed by atoms with van der Waals surface area (Å²) in [6.45, 7) is 8.69. The van der Waals surface area contributed by atoms with Gasteiger partial charge in [-0.1, -0.05) is 24.3 Å². The zero-order valence-electron chi connectivity index (χ0n) is 24.6. The zero-order chi connectivity index (χ0) is 25.6. The molecule has 224 valence electrons. The maximum Gasteiger partial charge on any atom is 0.119 e. The summed E-state index contributed by atoms with van der Waals surface area (Å²) in [4.78, 5) is 4.29. The fourth-order valence-electron chi connectivity index (χ4n) is 5.18. The number of nitrogens with zero attached hydrogens (tertiary/aromatic N) is 3. The van der Waals surface area contributed by atoms with Crippen LogP contribution in [-0.2, 0) is 12.8 Å². The first-order valence-corrected chi connectivity index (χ1v) is 14.0. The molecule has 0 aromatic heterocycles. The Balaban J connectivity index is 0.00000481. The number of rotatable bonds is 16. The van der Waals surface area contributed by atoms with E-state index < -0.39 is 0 Å². The number of hydrogen-bond acceptors (Lipinski definition) is 4. The van der Waals surface area contributed by atoms with Crippen molar-refractivity contribution in [2.75, 3.05) is 80.7 Å². The largest absolute Gasteiger partial charge is 1.00 e. The quantitative estimate of drug-likeness (QED) is 0.275. The molecule has 1 heterocycles. The summed E-state index contributed by atoms with van der Waals surface area (Å²) in [5.74, 6) is 1.96. The fraction of sp³-hybridized carbons (Fsp3) is 0.613. The molecule has 1 aliphatic heterocycles. The third-order valence-electron chi connectivity index (χ3n) is 7.42. The number of quaternary nitrogens is 1. The first-order valence-electron chi connectivity index (χ1n) is 14.0. The van der Waals surface area contributed by atoms with Crippen LogP contribution in [0.3, 0.4) is 0 Å². The lowest BCUT2D eigenvalue weighted by molar-refractivity contribution is -0.932. The van der Waals surface area contributed by atoms with Crippen molar-refractivity contribution in [1.29, 1.82) is 0 Å². The van der Waals surface area contributed by atoms with Crippen LogP contribution < -0.4 is 21.9 Å². The number of halogens is 3. The molecule has 0 unspecified atom stereocenters. The summed E-state index contributed by atoms with van der Waals surface area (Å²) in [6, 6.07) is 17.5. The van der Waals surface area contributed by atoms with Crippen molar-refractivity contribution < 1.29 is 26.4 Å². The van der Waals surface area contributed by atoms with Crippen molar-refractivity contribution >= 4 is 24.8 Å². The Hall–Kier alpha value is -1.21. The van der Waals surface area contributed by atoms with Crippen molar-refractivity contribution in [3.8, 4) is 11.5 Å². The Labute approximate surface area is 257 Å². The minimum Gasteiger partial charge on any atom is -1.00 e. The van der Waals surface area contributed by atoms with Crippen LogP contribution in [-0.4, -0.2) is 95.0 Å². The Morgan fingerprint density at radius 2 is 1.00 bits per heavy atom. The molecule has 1 saturated heterocycles. The van der Waals surface area contributed by atoms with Gasteiger partial charge < -0.3 is 36.2 Å². The van der Waals surface area contributed by atoms with Gasteiger partial charge in [-0.2, -0.15) is 0 Å². The third-order valence-corrected chi connectivity index (χ3v) is 7.42. The molecular weight excluding hydrogens is 553 g/mol. The molecule has 0 saturated carbocycles. The lowest BCUT2D eigenvalue weighted by Crippen LogP contribution is -3.00. The number of piperidine rings is 1. The van der Waals surface area contributed by atoms with E-state index in [1.54, 1.807) is 0 Å². The van der Waals surface area contributed by atoms with Gasteiger partial charge in [0, 0.05) is 25.9 Å². The predicted octanol–water partition coefficient (Wildman–Crippen LogP) is 2.98. The second-order valence-corrected chi connectivity index (χ2v) is 11.1. The molecule has 39 heavy (non-hydrogen) atoms. The summed E-state index contributed by atoms with van der Waals surface area (Å²) < 4.78 is 13.0. The summed E-state index contributed by atoms with van der Waals surface area (Å²) in [6.07, 6.45) is 9.03. The summed E-state index contributed by atoms with van der Waals surface area (Å²) >= 11 is 0. The minimum absolute atomic E-state index is 0. The highest BCUT2D eigenvalue weighted by molar-refractivity contribution is 5.85. The van der Waals surface area contributed by atoms with Crippen LogP contribution in [0.4, 0.5) is 0 Å². The molecule has 1 fully saturated rings. The molecule has 0 spiro atoms. The highest BCUT2D eigenvalue weighted by Crippen LogP contribution is 2.23. The first kappa shape index (κ1) is 37.8. The SMILES string of the molecule is CN(C)CCOc1ccc(CCC[N+]2(CCCc3ccc(OCCN(C)C)cc3)CCCCC2)cc1.Cl.Cl.[Cl-]. The number of likely N-dealkylation sites (tertiary alicyclic amines) is 1. The molecule has 8 heteroatoms. The van der Waals surface area contributed by atoms with E-state index in [0.717, 1.165) is 50.6 Å². The summed E-state index contributed by atoms with van der Waals surface area (Å²) in [5, 5.41) is 0. The lowest BCUT2D eigenvalue weighted by atomic mass is 10.0. The molecule has 0 N–H and O–H groups in total. The zero-order valence-corrected chi connectivity index (χ0v) is 27.0. The van der Waals surface area contributed by atoms with Crippen molar-refractivity contribution in [2.24, 2.45) is 0 Å². The van der Waals surface area contributed by atoms with Gasteiger partial charge in [0.15, 0.2) is 0 Å². The summed E-state index contributed by atoms with van der Waals surface area (Å²) in [7, 11) is 8.30. The van der Waals surface area contributed by atoms with Crippen LogP contribution in [0, 0.1) is 0 Å². The normalized spacial score (nSPS) is 14.2. The Morgan fingerprint density at radius 1 is 0.615 bits per heavy atom. The Bertz CT molecular complexity index is 793. The van der Waals surface area contributed by atoms with E-state index in [2.05, 4.69) is 86.5 Å². The van der Waals surface area contributed by atoms with Gasteiger partial charge in [-0.05, 0) is 95.7 Å². The average Bonchev–Trinajstić information content (AvgIpc) is 2.86. The average molecular weight is 605 g/mol. The van der Waals surface area contributed by atoms with Gasteiger partial charge in [-0.3, -0.25) is 0 Å². The topological polar surface area (TPSA) is 24.9 Å². The predicted molar refractivity (Wildman–Crippen MR) is 166 cm³/mol. The van der Waals surface area contributed by atoms with Crippen LogP contribution in [0.2, 0.25) is 0 Å². The first-order chi connectivity index (χ1) is 17.4. The molecule has 0 radical (unpaired) electrons. The Morgan fingerprint density at radius 3 is 1.36 bits per heavy atom. The summed E-state index contributed by atoms with van der Waals surface area (Å²) in [5.41, 5.74) is 2.86. The smallest absolute Gasteiger partial charge is 0.119 e. The van der Waals surface area contributed by atoms with Crippen molar-refractivity contribution in [2.45, 2.75) is 44.9 Å². The van der Waals surface area contributed by atoms with Gasteiger partial charge in [0.05, 0.1) is 26.2 Å². The van der Waals surface area contributed by atoms with Gasteiger partial charge in [0.25, 0.3) is 0 Å². The van der Waals surface area contributed by atoms with Crippen LogP contribution in [0.15, 0.2) is 48.5 Å². The monoisotopic (exact) mass is 603 g/mol. The van der Waals surface area contributed by atoms with Gasteiger partial charge in [-0.15, -0.1) is 24.8 Å². The Kier molecular flexibility index (Phi) is 20.0. The second-order valence-electron chi connectivity index (χ2n) is 11.1. The van der Waals surface area contributed by atoms with Crippen molar-refractivity contribution in [1.82, 2.24) is 9.80 Å². The van der Waals surface area contributed by atoms with Crippen LogP contribution in [0.25, 0.3) is 0 Å². The molecule has 0 amide bonds. The number of aryl methyl sites for hydroxylation is 2. The van der Waals surface area contributed by atoms with E-state index >= 15 is 0 Å². The van der Waals surface area contributed by atoms with Crippen molar-refractivity contribution in [3.63, 3.8) is 0 Å². The highest BCUT2D eigenvalue weighted by Gasteiger charge is 2.28. The van der Waals surface area contributed by atoms with Gasteiger partial charge in [-0.25, -0.2) is 0 Å². The molecule has 3 rings (SSSR count). The number of likely N-dealkylation sites (N-methyl/N-ethyl adjacent to an activating group) is 2. The maximum atomic E-state index is 5.85. The van der Waals surface area contributed by atoms with Gasteiger partial charge >= 0.3 is 0 Å². The van der Waals surface area contributed by atoms with E-state index in [1.807, 2.05) is 0 Å². The molecule has 0 atom stereocenters. The molecule has 1 aliphatic rings. The molecule has 5 nitrogen and oxygen atoms in total. The van der Waals surface area contributed by atoms with Crippen LogP contribution >= 0.6 is 24.8 Å². The van der Waals surface area contributed by atoms with Crippen molar-refractivity contribution in [3.05, 3.63) is 59.7 Å². The van der Waals surface area contributed by atoms with Gasteiger partial charge in [0.2, 0.25) is 0 Å². The van der Waals surface area contributed by atoms with E-state index in [9.17, 15) is 0 Å². The number of ether oxygens (including phenoxy) is 2. The molecule has 2 aromatic carbocycles. The lowest BCUT2D eigenvalue weighted by Gasteiger charge is -2.42. The number of benzene rings is 2. The van der Waals surface area contributed by atoms with E-state index in [-0.39, 0.29) is 37.2 Å². The number of hydrogen-bond donors (Lipinski definition) is 0. The van der Waals surface area contributed by atoms with Gasteiger partial charge in [0.1, 0.15) is 24.7 Å². The molecule has 0 bridgehead atoms. The van der Waals surface area contributed by atoms with E-state index in [0.29, 0.717) is 0 Å². The fourth-order valence-corrected chi connectivity index (χ4v) is 5.18. The standard InChI is InChI=1S/C31H50N3O2.3ClH/c1-32(2)20-26-35-30-16-12-28(13-17-30)10-8-24-34(22-6-5-7-23-34)25-9-11-29-14-18-31(19-15-29)36-27-21-33(3)4;;;/h12-19H,5-11,20-27H2,1-4H3;3*1H/q+1;;;/p-1. The van der Waals surface area contributed by atoms with E-state index in [4.69, 9.17) is 9.47 Å². The third kappa shape index (κ3) is 14.8. The van der Waals surface area contributed by atoms with E-state index in [1.165, 1.54) is 73.9 Å². The molecular formula is C31H52Cl3N3O2. The van der Waals surface area contributed by atoms with Crippen LogP contribution in [0.1, 0.15) is 43.2 Å². The maximum absolute atomic E-state index is 5.85. The minimum atomic E-state index is 0.